The van der Waals surface area contributed by atoms with Crippen LogP contribution in [0.4, 0.5) is 0 Å². The highest BCUT2D eigenvalue weighted by molar-refractivity contribution is 7.80. The van der Waals surface area contributed by atoms with Crippen molar-refractivity contribution >= 4 is 12.6 Å². The lowest BCUT2D eigenvalue weighted by atomic mass is 9.89. The summed E-state index contributed by atoms with van der Waals surface area (Å²) >= 11 is 4.41. The van der Waals surface area contributed by atoms with Crippen LogP contribution in [0.1, 0.15) is 104 Å². The Morgan fingerprint density at radius 3 is 1.37 bits per heavy atom. The zero-order valence-corrected chi connectivity index (χ0v) is 14.7. The van der Waals surface area contributed by atoms with Crippen molar-refractivity contribution in [2.75, 3.05) is 5.75 Å². The summed E-state index contributed by atoms with van der Waals surface area (Å²) in [5, 5.41) is 0. The lowest BCUT2D eigenvalue weighted by molar-refractivity contribution is 0.365. The molecule has 0 aromatic rings. The van der Waals surface area contributed by atoms with E-state index >= 15 is 0 Å². The van der Waals surface area contributed by atoms with E-state index in [-0.39, 0.29) is 0 Å². The van der Waals surface area contributed by atoms with Gasteiger partial charge in [-0.25, -0.2) is 0 Å². The van der Waals surface area contributed by atoms with Gasteiger partial charge < -0.3 is 0 Å². The zero-order chi connectivity index (χ0) is 14.4. The Hall–Kier alpha value is 0.350. The SMILES string of the molecule is CCCCCCCCCCCCCCC(C)(C)CS. The lowest BCUT2D eigenvalue weighted by Crippen LogP contribution is -2.12. The van der Waals surface area contributed by atoms with Gasteiger partial charge in [-0.2, -0.15) is 12.6 Å². The summed E-state index contributed by atoms with van der Waals surface area (Å²) in [6.07, 6.45) is 18.6. The summed E-state index contributed by atoms with van der Waals surface area (Å²) in [6.45, 7) is 6.95. The first kappa shape index (κ1) is 19.4. The van der Waals surface area contributed by atoms with Crippen molar-refractivity contribution in [3.8, 4) is 0 Å². The molecule has 0 rings (SSSR count). The molecule has 0 spiro atoms. The molecule has 0 aliphatic rings. The minimum atomic E-state index is 0.446. The van der Waals surface area contributed by atoms with Gasteiger partial charge in [0.1, 0.15) is 0 Å². The van der Waals surface area contributed by atoms with E-state index in [1.54, 1.807) is 0 Å². The van der Waals surface area contributed by atoms with E-state index in [2.05, 4.69) is 33.4 Å². The van der Waals surface area contributed by atoms with Crippen molar-refractivity contribution < 1.29 is 0 Å². The van der Waals surface area contributed by atoms with Gasteiger partial charge in [0.25, 0.3) is 0 Å². The van der Waals surface area contributed by atoms with Gasteiger partial charge in [-0.1, -0.05) is 97.8 Å². The summed E-state index contributed by atoms with van der Waals surface area (Å²) in [5.41, 5.74) is 0.446. The highest BCUT2D eigenvalue weighted by Crippen LogP contribution is 2.25. The molecule has 0 unspecified atom stereocenters. The van der Waals surface area contributed by atoms with Crippen LogP contribution in [0.2, 0.25) is 0 Å². The van der Waals surface area contributed by atoms with Crippen molar-refractivity contribution in [2.24, 2.45) is 5.41 Å². The van der Waals surface area contributed by atoms with Crippen LogP contribution in [-0.2, 0) is 0 Å². The smallest absolute Gasteiger partial charge is 0.00464 e. The van der Waals surface area contributed by atoms with Crippen molar-refractivity contribution in [1.82, 2.24) is 0 Å². The molecular formula is C18H38S. The Kier molecular flexibility index (Phi) is 13.6. The van der Waals surface area contributed by atoms with E-state index < -0.39 is 0 Å². The van der Waals surface area contributed by atoms with Crippen LogP contribution in [0.3, 0.4) is 0 Å². The van der Waals surface area contributed by atoms with Gasteiger partial charge in [0, 0.05) is 0 Å². The van der Waals surface area contributed by atoms with Gasteiger partial charge in [0.05, 0.1) is 0 Å². The van der Waals surface area contributed by atoms with Crippen LogP contribution in [0.15, 0.2) is 0 Å². The second-order valence-electron chi connectivity index (χ2n) is 6.96. The first-order chi connectivity index (χ1) is 9.12. The summed E-state index contributed by atoms with van der Waals surface area (Å²) in [7, 11) is 0. The molecule has 0 amide bonds. The summed E-state index contributed by atoms with van der Waals surface area (Å²) in [4.78, 5) is 0. The van der Waals surface area contributed by atoms with Gasteiger partial charge in [0.2, 0.25) is 0 Å². The molecule has 0 nitrogen and oxygen atoms in total. The van der Waals surface area contributed by atoms with Crippen molar-refractivity contribution in [1.29, 1.82) is 0 Å². The summed E-state index contributed by atoms with van der Waals surface area (Å²) in [5.74, 6) is 1.02. The van der Waals surface area contributed by atoms with E-state index in [1.807, 2.05) is 0 Å². The van der Waals surface area contributed by atoms with Crippen LogP contribution in [-0.4, -0.2) is 5.75 Å². The highest BCUT2D eigenvalue weighted by Gasteiger charge is 2.14. The molecular weight excluding hydrogens is 248 g/mol. The van der Waals surface area contributed by atoms with E-state index in [1.165, 1.54) is 83.5 Å². The fraction of sp³-hybridized carbons (Fsp3) is 1.00. The average molecular weight is 287 g/mol. The van der Waals surface area contributed by atoms with Crippen molar-refractivity contribution in [3.05, 3.63) is 0 Å². The first-order valence-electron chi connectivity index (χ1n) is 8.73. The maximum Gasteiger partial charge on any atom is -0.00464 e. The highest BCUT2D eigenvalue weighted by atomic mass is 32.1. The Bertz CT molecular complexity index is 175. The Labute approximate surface area is 128 Å². The molecule has 0 aromatic carbocycles. The monoisotopic (exact) mass is 286 g/mol. The van der Waals surface area contributed by atoms with E-state index in [9.17, 15) is 0 Å². The average Bonchev–Trinajstić information content (AvgIpc) is 2.40. The number of hydrogen-bond acceptors (Lipinski definition) is 1. The number of thiol groups is 1. The van der Waals surface area contributed by atoms with E-state index in [0.717, 1.165) is 5.75 Å². The largest absolute Gasteiger partial charge is 0.179 e. The topological polar surface area (TPSA) is 0 Å². The van der Waals surface area contributed by atoms with Crippen LogP contribution in [0.5, 0.6) is 0 Å². The summed E-state index contributed by atoms with van der Waals surface area (Å²) in [6, 6.07) is 0. The number of hydrogen-bond donors (Lipinski definition) is 1. The number of rotatable bonds is 14. The van der Waals surface area contributed by atoms with Crippen molar-refractivity contribution in [2.45, 2.75) is 104 Å². The van der Waals surface area contributed by atoms with Gasteiger partial charge in [-0.3, -0.25) is 0 Å². The minimum absolute atomic E-state index is 0.446. The predicted molar refractivity (Wildman–Crippen MR) is 93.3 cm³/mol. The third-order valence-electron chi connectivity index (χ3n) is 4.14. The molecule has 116 valence electrons. The van der Waals surface area contributed by atoms with E-state index in [0.29, 0.717) is 5.41 Å². The molecule has 0 saturated heterocycles. The molecule has 0 fully saturated rings. The fourth-order valence-electron chi connectivity index (χ4n) is 2.52. The van der Waals surface area contributed by atoms with Crippen LogP contribution < -0.4 is 0 Å². The van der Waals surface area contributed by atoms with Crippen molar-refractivity contribution in [3.63, 3.8) is 0 Å². The fourth-order valence-corrected chi connectivity index (χ4v) is 2.68. The molecule has 0 aliphatic carbocycles. The molecule has 19 heavy (non-hydrogen) atoms. The second kappa shape index (κ2) is 13.3. The first-order valence-corrected chi connectivity index (χ1v) is 9.36. The van der Waals surface area contributed by atoms with Gasteiger partial charge in [0.15, 0.2) is 0 Å². The predicted octanol–water partition coefficient (Wildman–Crippen LogP) is 7.03. The maximum atomic E-state index is 4.41. The van der Waals surface area contributed by atoms with Gasteiger partial charge in [-0.15, -0.1) is 0 Å². The third kappa shape index (κ3) is 14.6. The summed E-state index contributed by atoms with van der Waals surface area (Å²) < 4.78 is 0. The zero-order valence-electron chi connectivity index (χ0n) is 13.8. The van der Waals surface area contributed by atoms with Crippen LogP contribution in [0.25, 0.3) is 0 Å². The standard InChI is InChI=1S/C18H38S/c1-4-5-6-7-8-9-10-11-12-13-14-15-16-18(2,3)17-19/h19H,4-17H2,1-3H3. The van der Waals surface area contributed by atoms with Gasteiger partial charge >= 0.3 is 0 Å². The molecule has 0 radical (unpaired) electrons. The van der Waals surface area contributed by atoms with E-state index in [4.69, 9.17) is 0 Å². The molecule has 0 aliphatic heterocycles. The Balaban J connectivity index is 3.07. The number of unbranched alkanes of at least 4 members (excludes halogenated alkanes) is 11. The molecule has 0 bridgehead atoms. The minimum Gasteiger partial charge on any atom is -0.179 e. The molecule has 0 N–H and O–H groups in total. The van der Waals surface area contributed by atoms with Crippen LogP contribution >= 0.6 is 12.6 Å². The quantitative estimate of drug-likeness (QED) is 0.257. The Morgan fingerprint density at radius 1 is 0.632 bits per heavy atom. The lowest BCUT2D eigenvalue weighted by Gasteiger charge is -2.21. The normalized spacial score (nSPS) is 12.0. The molecule has 0 saturated carbocycles. The Morgan fingerprint density at radius 2 is 1.00 bits per heavy atom. The maximum absolute atomic E-state index is 4.41. The molecule has 1 heteroatoms. The van der Waals surface area contributed by atoms with Crippen LogP contribution in [0, 0.1) is 5.41 Å². The molecule has 0 heterocycles. The molecule has 0 aromatic heterocycles. The van der Waals surface area contributed by atoms with Gasteiger partial charge in [-0.05, 0) is 17.6 Å². The second-order valence-corrected chi connectivity index (χ2v) is 7.28. The third-order valence-corrected chi connectivity index (χ3v) is 4.99. The molecule has 0 atom stereocenters.